The van der Waals surface area contributed by atoms with Crippen LogP contribution >= 0.6 is 0 Å². The van der Waals surface area contributed by atoms with Gasteiger partial charge in [-0.15, -0.1) is 0 Å². The number of phenolic OH excluding ortho intramolecular Hbond substituents is 1. The van der Waals surface area contributed by atoms with E-state index in [0.717, 1.165) is 10.9 Å². The van der Waals surface area contributed by atoms with Crippen molar-refractivity contribution in [1.29, 1.82) is 0 Å². The Kier molecular flexibility index (Phi) is 3.65. The summed E-state index contributed by atoms with van der Waals surface area (Å²) < 4.78 is 11.3. The van der Waals surface area contributed by atoms with Crippen LogP contribution in [0.15, 0.2) is 65.1 Å². The molecule has 0 unspecified atom stereocenters. The van der Waals surface area contributed by atoms with E-state index < -0.39 is 5.97 Å². The van der Waals surface area contributed by atoms with E-state index in [1.807, 2.05) is 54.6 Å². The number of fused-ring (bicyclic) bond motifs is 3. The minimum atomic E-state index is -0.463. The smallest absolute Gasteiger partial charge is 0.342 e. The Hall–Kier alpha value is -3.27. The maximum Gasteiger partial charge on any atom is 0.342 e. The summed E-state index contributed by atoms with van der Waals surface area (Å²) in [5.74, 6) is 0.0913. The van der Waals surface area contributed by atoms with Crippen molar-refractivity contribution >= 4 is 27.7 Å². The van der Waals surface area contributed by atoms with Crippen molar-refractivity contribution in [2.24, 2.45) is 0 Å². The molecule has 0 aliphatic rings. The molecule has 0 spiro atoms. The molecule has 1 N–H and O–H groups in total. The van der Waals surface area contributed by atoms with E-state index in [0.29, 0.717) is 27.7 Å². The van der Waals surface area contributed by atoms with Gasteiger partial charge in [0.2, 0.25) is 0 Å². The molecule has 1 heterocycles. The molecule has 0 radical (unpaired) electrons. The highest BCUT2D eigenvalue weighted by Crippen LogP contribution is 2.40. The number of ether oxygens (including phenoxy) is 1. The molecule has 0 saturated heterocycles. The van der Waals surface area contributed by atoms with E-state index in [1.54, 1.807) is 13.0 Å². The van der Waals surface area contributed by atoms with Gasteiger partial charge in [0.15, 0.2) is 0 Å². The lowest BCUT2D eigenvalue weighted by atomic mass is 10.0. The molecule has 124 valence electrons. The topological polar surface area (TPSA) is 59.7 Å². The summed E-state index contributed by atoms with van der Waals surface area (Å²) in [5, 5.41) is 12.4. The fraction of sp³-hybridized carbons (Fsp3) is 0.0952. The number of aromatic hydroxyl groups is 1. The monoisotopic (exact) mass is 332 g/mol. The highest BCUT2D eigenvalue weighted by atomic mass is 16.5. The van der Waals surface area contributed by atoms with E-state index in [-0.39, 0.29) is 12.4 Å². The van der Waals surface area contributed by atoms with Crippen molar-refractivity contribution in [3.63, 3.8) is 0 Å². The summed E-state index contributed by atoms with van der Waals surface area (Å²) in [7, 11) is 0. The molecule has 0 bridgehead atoms. The van der Waals surface area contributed by atoms with Crippen LogP contribution in [0.5, 0.6) is 5.75 Å². The van der Waals surface area contributed by atoms with Gasteiger partial charge in [0.25, 0.3) is 0 Å². The normalized spacial score (nSPS) is 11.1. The fourth-order valence-electron chi connectivity index (χ4n) is 3.10. The van der Waals surface area contributed by atoms with Gasteiger partial charge in [-0.25, -0.2) is 4.79 Å². The van der Waals surface area contributed by atoms with Crippen LogP contribution in [0.3, 0.4) is 0 Å². The molecular formula is C21H16O4. The van der Waals surface area contributed by atoms with Crippen LogP contribution in [0.4, 0.5) is 0 Å². The van der Waals surface area contributed by atoms with Crippen LogP contribution in [0.1, 0.15) is 17.3 Å². The third-order valence-corrected chi connectivity index (χ3v) is 4.19. The molecule has 0 saturated carbocycles. The standard InChI is InChI=1S/C21H16O4/c1-2-24-21(23)18-16-12-17(22)14-10-6-7-11-15(14)20(16)25-19(18)13-8-4-3-5-9-13/h3-12,22H,2H2,1H3. The lowest BCUT2D eigenvalue weighted by Gasteiger charge is -2.04. The Bertz CT molecular complexity index is 1080. The summed E-state index contributed by atoms with van der Waals surface area (Å²) in [6.45, 7) is 2.02. The zero-order valence-corrected chi connectivity index (χ0v) is 13.7. The first-order chi connectivity index (χ1) is 12.2. The average Bonchev–Trinajstić information content (AvgIpc) is 3.02. The maximum atomic E-state index is 12.6. The van der Waals surface area contributed by atoms with E-state index in [1.165, 1.54) is 0 Å². The van der Waals surface area contributed by atoms with Gasteiger partial charge in [0, 0.05) is 21.7 Å². The Morgan fingerprint density at radius 2 is 1.68 bits per heavy atom. The van der Waals surface area contributed by atoms with Crippen LogP contribution in [0.2, 0.25) is 0 Å². The van der Waals surface area contributed by atoms with Gasteiger partial charge >= 0.3 is 5.97 Å². The predicted molar refractivity (Wildman–Crippen MR) is 96.8 cm³/mol. The van der Waals surface area contributed by atoms with Gasteiger partial charge in [-0.05, 0) is 13.0 Å². The van der Waals surface area contributed by atoms with Gasteiger partial charge in [-0.2, -0.15) is 0 Å². The quantitative estimate of drug-likeness (QED) is 0.528. The summed E-state index contributed by atoms with van der Waals surface area (Å²) in [4.78, 5) is 12.6. The molecule has 1 aromatic heterocycles. The first-order valence-corrected chi connectivity index (χ1v) is 8.10. The number of phenols is 1. The minimum absolute atomic E-state index is 0.106. The Labute approximate surface area is 144 Å². The molecule has 0 aliphatic carbocycles. The average molecular weight is 332 g/mol. The summed E-state index contributed by atoms with van der Waals surface area (Å²) in [6.07, 6.45) is 0. The Morgan fingerprint density at radius 3 is 2.40 bits per heavy atom. The lowest BCUT2D eigenvalue weighted by Crippen LogP contribution is -2.05. The van der Waals surface area contributed by atoms with Crippen LogP contribution < -0.4 is 0 Å². The molecule has 4 aromatic rings. The van der Waals surface area contributed by atoms with Crippen molar-refractivity contribution in [2.75, 3.05) is 6.61 Å². The molecule has 0 fully saturated rings. The van der Waals surface area contributed by atoms with Crippen molar-refractivity contribution in [3.05, 3.63) is 66.2 Å². The number of carbonyl (C=O) groups excluding carboxylic acids is 1. The molecule has 4 heteroatoms. The summed E-state index contributed by atoms with van der Waals surface area (Å²) in [6, 6.07) is 18.4. The first-order valence-electron chi connectivity index (χ1n) is 8.10. The fourth-order valence-corrected chi connectivity index (χ4v) is 3.10. The number of rotatable bonds is 3. The van der Waals surface area contributed by atoms with Gasteiger partial charge < -0.3 is 14.3 Å². The minimum Gasteiger partial charge on any atom is -0.507 e. The van der Waals surface area contributed by atoms with Crippen LogP contribution in [-0.4, -0.2) is 17.7 Å². The van der Waals surface area contributed by atoms with Crippen LogP contribution in [-0.2, 0) is 4.74 Å². The second kappa shape index (κ2) is 5.98. The maximum absolute atomic E-state index is 12.6. The molecule has 25 heavy (non-hydrogen) atoms. The highest BCUT2D eigenvalue weighted by Gasteiger charge is 2.25. The Balaban J connectivity index is 2.12. The van der Waals surface area contributed by atoms with Gasteiger partial charge in [0.1, 0.15) is 22.7 Å². The zero-order chi connectivity index (χ0) is 17.4. The van der Waals surface area contributed by atoms with Crippen LogP contribution in [0.25, 0.3) is 33.1 Å². The van der Waals surface area contributed by atoms with Crippen molar-refractivity contribution in [3.8, 4) is 17.1 Å². The highest BCUT2D eigenvalue weighted by molar-refractivity contribution is 6.16. The zero-order valence-electron chi connectivity index (χ0n) is 13.7. The van der Waals surface area contributed by atoms with Crippen molar-refractivity contribution in [1.82, 2.24) is 0 Å². The molecular weight excluding hydrogens is 316 g/mol. The molecule has 0 aliphatic heterocycles. The van der Waals surface area contributed by atoms with Crippen molar-refractivity contribution < 1.29 is 19.1 Å². The van der Waals surface area contributed by atoms with Gasteiger partial charge in [0.05, 0.1) is 6.61 Å². The molecule has 3 aromatic carbocycles. The number of furan rings is 1. The molecule has 4 rings (SSSR count). The molecule has 4 nitrogen and oxygen atoms in total. The molecule has 0 amide bonds. The summed E-state index contributed by atoms with van der Waals surface area (Å²) >= 11 is 0. The third kappa shape index (κ3) is 2.43. The Morgan fingerprint density at radius 1 is 1.00 bits per heavy atom. The van der Waals surface area contributed by atoms with Gasteiger partial charge in [-0.3, -0.25) is 0 Å². The van der Waals surface area contributed by atoms with E-state index in [2.05, 4.69) is 0 Å². The number of hydrogen-bond donors (Lipinski definition) is 1. The largest absolute Gasteiger partial charge is 0.507 e. The second-order valence-corrected chi connectivity index (χ2v) is 5.71. The SMILES string of the molecule is CCOC(=O)c1c(-c2ccccc2)oc2c1cc(O)c1ccccc12. The van der Waals surface area contributed by atoms with Crippen molar-refractivity contribution in [2.45, 2.75) is 6.92 Å². The van der Waals surface area contributed by atoms with Crippen LogP contribution in [0, 0.1) is 0 Å². The van der Waals surface area contributed by atoms with E-state index in [9.17, 15) is 9.90 Å². The number of benzene rings is 3. The lowest BCUT2D eigenvalue weighted by molar-refractivity contribution is 0.0529. The van der Waals surface area contributed by atoms with E-state index in [4.69, 9.17) is 9.15 Å². The number of esters is 1. The first kappa shape index (κ1) is 15.3. The number of hydrogen-bond acceptors (Lipinski definition) is 4. The third-order valence-electron chi connectivity index (χ3n) is 4.19. The molecule has 0 atom stereocenters. The van der Waals surface area contributed by atoms with E-state index >= 15 is 0 Å². The summed E-state index contributed by atoms with van der Waals surface area (Å²) in [5.41, 5.74) is 1.68. The second-order valence-electron chi connectivity index (χ2n) is 5.71. The van der Waals surface area contributed by atoms with Gasteiger partial charge in [-0.1, -0.05) is 54.6 Å². The number of carbonyl (C=O) groups is 1. The predicted octanol–water partition coefficient (Wildman–Crippen LogP) is 5.14.